The van der Waals surface area contributed by atoms with Crippen molar-refractivity contribution in [3.05, 3.63) is 53.7 Å². The third kappa shape index (κ3) is 7.22. The van der Waals surface area contributed by atoms with Crippen LogP contribution in [0.3, 0.4) is 0 Å². The number of carbonyl (C=O) groups excluding carboxylic acids is 2. The lowest BCUT2D eigenvalue weighted by atomic mass is 9.96. The molecule has 2 N–H and O–H groups in total. The molecule has 1 saturated heterocycles. The summed E-state index contributed by atoms with van der Waals surface area (Å²) < 4.78 is 12.5. The van der Waals surface area contributed by atoms with Gasteiger partial charge < -0.3 is 29.9 Å². The SMILES string of the molecule is COc1ccc(OC)c(CNC(=O)CC2CN(C(=O)NC3CCCCC3)CCN2c2cc(Cl)nc(-n3ccnc3)n2)c1. The van der Waals surface area contributed by atoms with Crippen molar-refractivity contribution in [2.45, 2.75) is 57.2 Å². The van der Waals surface area contributed by atoms with Gasteiger partial charge in [0.1, 0.15) is 28.8 Å². The molecule has 1 atom stereocenters. The summed E-state index contributed by atoms with van der Waals surface area (Å²) >= 11 is 6.41. The summed E-state index contributed by atoms with van der Waals surface area (Å²) in [6.07, 6.45) is 10.6. The molecule has 3 amide bonds. The summed E-state index contributed by atoms with van der Waals surface area (Å²) in [4.78, 5) is 43.6. The first-order valence-corrected chi connectivity index (χ1v) is 14.6. The fraction of sp³-hybridized carbons (Fsp3) is 0.483. The first kappa shape index (κ1) is 29.4. The van der Waals surface area contributed by atoms with Gasteiger partial charge in [-0.3, -0.25) is 9.36 Å². The summed E-state index contributed by atoms with van der Waals surface area (Å²) in [6.45, 7) is 1.59. The maximum absolute atomic E-state index is 13.3. The molecule has 12 nitrogen and oxygen atoms in total. The molecule has 1 unspecified atom stereocenters. The summed E-state index contributed by atoms with van der Waals surface area (Å²) in [7, 11) is 3.18. The number of piperazine rings is 1. The fourth-order valence-electron chi connectivity index (χ4n) is 5.56. The molecular weight excluding hydrogens is 560 g/mol. The number of urea groups is 1. The summed E-state index contributed by atoms with van der Waals surface area (Å²) in [5, 5.41) is 6.49. The number of methoxy groups -OCH3 is 2. The van der Waals surface area contributed by atoms with Gasteiger partial charge in [-0.05, 0) is 31.0 Å². The zero-order valence-corrected chi connectivity index (χ0v) is 24.7. The number of rotatable bonds is 9. The Morgan fingerprint density at radius 3 is 2.64 bits per heavy atom. The van der Waals surface area contributed by atoms with Gasteiger partial charge in [-0.1, -0.05) is 30.9 Å². The third-order valence-electron chi connectivity index (χ3n) is 7.79. The maximum atomic E-state index is 13.3. The van der Waals surface area contributed by atoms with E-state index in [9.17, 15) is 9.59 Å². The van der Waals surface area contributed by atoms with E-state index >= 15 is 0 Å². The van der Waals surface area contributed by atoms with E-state index in [1.807, 2.05) is 23.1 Å². The predicted molar refractivity (Wildman–Crippen MR) is 158 cm³/mol. The molecule has 2 aromatic heterocycles. The van der Waals surface area contributed by atoms with Crippen LogP contribution < -0.4 is 25.0 Å². The Kier molecular flexibility index (Phi) is 9.63. The van der Waals surface area contributed by atoms with Crippen LogP contribution in [0.4, 0.5) is 10.6 Å². The highest BCUT2D eigenvalue weighted by Crippen LogP contribution is 2.26. The van der Waals surface area contributed by atoms with Crippen LogP contribution in [0.2, 0.25) is 5.15 Å². The van der Waals surface area contributed by atoms with E-state index in [0.717, 1.165) is 31.2 Å². The van der Waals surface area contributed by atoms with Gasteiger partial charge in [0.05, 0.1) is 20.3 Å². The molecule has 42 heavy (non-hydrogen) atoms. The summed E-state index contributed by atoms with van der Waals surface area (Å²) in [5.41, 5.74) is 0.798. The zero-order valence-electron chi connectivity index (χ0n) is 24.0. The van der Waals surface area contributed by atoms with Crippen molar-refractivity contribution in [1.82, 2.24) is 35.1 Å². The Morgan fingerprint density at radius 1 is 1.07 bits per heavy atom. The Bertz CT molecular complexity index is 1370. The lowest BCUT2D eigenvalue weighted by molar-refractivity contribution is -0.121. The minimum Gasteiger partial charge on any atom is -0.497 e. The molecule has 0 bridgehead atoms. The van der Waals surface area contributed by atoms with E-state index in [1.165, 1.54) is 6.42 Å². The Hall–Kier alpha value is -4.06. The summed E-state index contributed by atoms with van der Waals surface area (Å²) in [5.74, 6) is 2.12. The molecule has 2 fully saturated rings. The molecule has 224 valence electrons. The van der Waals surface area contributed by atoms with Crippen molar-refractivity contribution in [2.75, 3.05) is 38.8 Å². The van der Waals surface area contributed by atoms with Gasteiger partial charge in [-0.15, -0.1) is 0 Å². The predicted octanol–water partition coefficient (Wildman–Crippen LogP) is 3.57. The van der Waals surface area contributed by atoms with Crippen molar-refractivity contribution in [2.24, 2.45) is 0 Å². The molecule has 3 heterocycles. The number of hydrogen-bond acceptors (Lipinski definition) is 8. The fourth-order valence-corrected chi connectivity index (χ4v) is 5.74. The van der Waals surface area contributed by atoms with Crippen molar-refractivity contribution >= 4 is 29.4 Å². The first-order chi connectivity index (χ1) is 20.4. The van der Waals surface area contributed by atoms with Crippen LogP contribution in [-0.4, -0.2) is 82.3 Å². The molecule has 0 radical (unpaired) electrons. The van der Waals surface area contributed by atoms with Gasteiger partial charge in [0.2, 0.25) is 11.9 Å². The lowest BCUT2D eigenvalue weighted by Crippen LogP contribution is -2.59. The van der Waals surface area contributed by atoms with Crippen LogP contribution in [0.15, 0.2) is 43.0 Å². The monoisotopic (exact) mass is 596 g/mol. The van der Waals surface area contributed by atoms with E-state index in [-0.39, 0.29) is 42.1 Å². The van der Waals surface area contributed by atoms with Crippen LogP contribution >= 0.6 is 11.6 Å². The lowest BCUT2D eigenvalue weighted by Gasteiger charge is -2.42. The number of carbonyl (C=O) groups is 2. The quantitative estimate of drug-likeness (QED) is 0.359. The standard InChI is InChI=1S/C29H37ClN8O4/c1-41-23-8-9-24(42-2)20(14-23)17-32-27(39)15-22-18-36(29(40)33-21-6-4-3-5-7-21)12-13-38(22)26-16-25(30)34-28(35-26)37-11-10-31-19-37/h8-11,14,16,19,21-22H,3-7,12-13,15,17-18H2,1-2H3,(H,32,39)(H,33,40). The van der Waals surface area contributed by atoms with Gasteiger partial charge in [-0.2, -0.15) is 4.98 Å². The normalized spacial score (nSPS) is 17.5. The number of halogens is 1. The molecule has 1 aliphatic carbocycles. The third-order valence-corrected chi connectivity index (χ3v) is 7.98. The Morgan fingerprint density at radius 2 is 1.90 bits per heavy atom. The van der Waals surface area contributed by atoms with E-state index in [0.29, 0.717) is 42.9 Å². The van der Waals surface area contributed by atoms with Crippen molar-refractivity contribution in [1.29, 1.82) is 0 Å². The smallest absolute Gasteiger partial charge is 0.317 e. The maximum Gasteiger partial charge on any atom is 0.317 e. The van der Waals surface area contributed by atoms with Crippen LogP contribution in [0.25, 0.3) is 5.95 Å². The molecule has 1 aliphatic heterocycles. The van der Waals surface area contributed by atoms with E-state index in [2.05, 4.69) is 20.6 Å². The Balaban J connectivity index is 1.33. The van der Waals surface area contributed by atoms with Crippen LogP contribution in [0.1, 0.15) is 44.1 Å². The number of hydrogen-bond donors (Lipinski definition) is 2. The average Bonchev–Trinajstić information content (AvgIpc) is 3.55. The minimum absolute atomic E-state index is 0.0899. The van der Waals surface area contributed by atoms with Crippen LogP contribution in [-0.2, 0) is 11.3 Å². The molecule has 3 aromatic rings. The number of aromatic nitrogens is 4. The Labute approximate surface area is 250 Å². The number of ether oxygens (including phenoxy) is 2. The molecule has 1 aromatic carbocycles. The van der Waals surface area contributed by atoms with Gasteiger partial charge in [0, 0.05) is 62.7 Å². The van der Waals surface area contributed by atoms with E-state index < -0.39 is 0 Å². The molecule has 13 heteroatoms. The van der Waals surface area contributed by atoms with Gasteiger partial charge in [0.25, 0.3) is 0 Å². The van der Waals surface area contributed by atoms with Crippen molar-refractivity contribution < 1.29 is 19.1 Å². The number of nitrogens with one attached hydrogen (secondary N) is 2. The van der Waals surface area contributed by atoms with E-state index in [1.54, 1.807) is 48.5 Å². The van der Waals surface area contributed by atoms with Crippen LogP contribution in [0.5, 0.6) is 11.5 Å². The van der Waals surface area contributed by atoms with Crippen molar-refractivity contribution in [3.63, 3.8) is 0 Å². The van der Waals surface area contributed by atoms with Gasteiger partial charge in [-0.25, -0.2) is 14.8 Å². The van der Waals surface area contributed by atoms with E-state index in [4.69, 9.17) is 26.1 Å². The number of imidazole rings is 1. The molecule has 2 aliphatic rings. The second-order valence-corrected chi connectivity index (χ2v) is 10.9. The van der Waals surface area contributed by atoms with Gasteiger partial charge >= 0.3 is 6.03 Å². The van der Waals surface area contributed by atoms with Crippen LogP contribution in [0, 0.1) is 0 Å². The zero-order chi connectivity index (χ0) is 29.5. The molecule has 1 saturated carbocycles. The average molecular weight is 597 g/mol. The molecule has 0 spiro atoms. The highest BCUT2D eigenvalue weighted by Gasteiger charge is 2.33. The highest BCUT2D eigenvalue weighted by atomic mass is 35.5. The van der Waals surface area contributed by atoms with Crippen molar-refractivity contribution in [3.8, 4) is 17.4 Å². The number of nitrogens with zero attached hydrogens (tertiary/aromatic N) is 6. The van der Waals surface area contributed by atoms with Gasteiger partial charge in [0.15, 0.2) is 0 Å². The molecule has 5 rings (SSSR count). The topological polar surface area (TPSA) is 127 Å². The molecular formula is C29H37ClN8O4. The largest absolute Gasteiger partial charge is 0.497 e. The number of amides is 3. The second-order valence-electron chi connectivity index (χ2n) is 10.6. The number of anilines is 1. The first-order valence-electron chi connectivity index (χ1n) is 14.3. The minimum atomic E-state index is -0.343. The second kappa shape index (κ2) is 13.7. The number of benzene rings is 1. The highest BCUT2D eigenvalue weighted by molar-refractivity contribution is 6.29. The summed E-state index contributed by atoms with van der Waals surface area (Å²) in [6, 6.07) is 6.90.